The number of carbonyl (C=O) groups excluding carboxylic acids is 2. The van der Waals surface area contributed by atoms with Crippen LogP contribution in [0.5, 0.6) is 0 Å². The Morgan fingerprint density at radius 2 is 1.84 bits per heavy atom. The van der Waals surface area contributed by atoms with Crippen LogP contribution in [0.25, 0.3) is 6.08 Å². The molecule has 0 atom stereocenters. The van der Waals surface area contributed by atoms with Gasteiger partial charge < -0.3 is 0 Å². The molecule has 1 aliphatic rings. The number of benzene rings is 1. The lowest BCUT2D eigenvalue weighted by molar-refractivity contribution is -0.122. The number of nitrogens with one attached hydrogen (secondary N) is 1. The van der Waals surface area contributed by atoms with E-state index in [2.05, 4.69) is 19.2 Å². The Hall–Kier alpha value is -2.02. The highest BCUT2D eigenvalue weighted by Crippen LogP contribution is 2.27. The molecule has 2 aromatic rings. The number of hydrogen-bond acceptors (Lipinski definition) is 4. The summed E-state index contributed by atoms with van der Waals surface area (Å²) in [6.07, 6.45) is 1.53. The predicted octanol–water partition coefficient (Wildman–Crippen LogP) is 4.36. The maximum atomic E-state index is 12.9. The van der Waals surface area contributed by atoms with Gasteiger partial charge in [0.25, 0.3) is 11.8 Å². The lowest BCUT2D eigenvalue weighted by atomic mass is 10.0. The summed E-state index contributed by atoms with van der Waals surface area (Å²) in [5.41, 5.74) is 1.81. The first kappa shape index (κ1) is 17.8. The van der Waals surface area contributed by atoms with Gasteiger partial charge in [-0.25, -0.2) is 0 Å². The third-order valence-corrected chi connectivity index (χ3v) is 5.26. The average molecular weight is 391 g/mol. The predicted molar refractivity (Wildman–Crippen MR) is 106 cm³/mol. The minimum atomic E-state index is -0.505. The summed E-state index contributed by atoms with van der Waals surface area (Å²) in [6, 6.07) is 11.0. The van der Waals surface area contributed by atoms with Crippen molar-refractivity contribution in [3.8, 4) is 0 Å². The van der Waals surface area contributed by atoms with Crippen molar-refractivity contribution in [2.45, 2.75) is 19.8 Å². The van der Waals surface area contributed by atoms with E-state index in [-0.39, 0.29) is 10.7 Å². The Morgan fingerprint density at radius 3 is 2.40 bits per heavy atom. The van der Waals surface area contributed by atoms with Gasteiger partial charge in [-0.05, 0) is 54.0 Å². The van der Waals surface area contributed by atoms with E-state index < -0.39 is 11.8 Å². The highest BCUT2D eigenvalue weighted by Gasteiger charge is 2.34. The van der Waals surface area contributed by atoms with Gasteiger partial charge in [0.15, 0.2) is 5.11 Å². The van der Waals surface area contributed by atoms with Crippen molar-refractivity contribution in [3.63, 3.8) is 0 Å². The van der Waals surface area contributed by atoms with Crippen LogP contribution in [0.4, 0.5) is 5.69 Å². The molecule has 2 amide bonds. The number of hydrogen-bond donors (Lipinski definition) is 1. The lowest BCUT2D eigenvalue weighted by Gasteiger charge is -2.29. The molecular weight excluding hydrogens is 376 g/mol. The number of thiocarbonyl (C=S) groups is 1. The first-order valence-electron chi connectivity index (χ1n) is 7.63. The van der Waals surface area contributed by atoms with Crippen LogP contribution in [0.2, 0.25) is 4.34 Å². The Morgan fingerprint density at radius 1 is 1.16 bits per heavy atom. The Kier molecular flexibility index (Phi) is 5.03. The van der Waals surface area contributed by atoms with E-state index in [1.54, 1.807) is 12.1 Å². The van der Waals surface area contributed by atoms with Gasteiger partial charge in [-0.15, -0.1) is 11.3 Å². The fourth-order valence-electron chi connectivity index (χ4n) is 2.45. The zero-order valence-corrected chi connectivity index (χ0v) is 16.0. The Balaban J connectivity index is 1.96. The molecule has 0 saturated carbocycles. The van der Waals surface area contributed by atoms with Gasteiger partial charge in [0, 0.05) is 4.88 Å². The average Bonchev–Trinajstić information content (AvgIpc) is 2.97. The second kappa shape index (κ2) is 7.07. The molecule has 25 heavy (non-hydrogen) atoms. The SMILES string of the molecule is CC(C)c1ccc(N2C(=O)/C(=C/c3ccc(Cl)s3)C(=O)NC2=S)cc1. The van der Waals surface area contributed by atoms with Crippen molar-refractivity contribution < 1.29 is 9.59 Å². The highest BCUT2D eigenvalue weighted by molar-refractivity contribution is 7.80. The van der Waals surface area contributed by atoms with Crippen LogP contribution >= 0.6 is 35.2 Å². The molecule has 1 aromatic carbocycles. The standard InChI is InChI=1S/C18H15ClN2O2S2/c1-10(2)11-3-5-12(6-4-11)21-17(23)14(16(22)20-18(21)24)9-13-7-8-15(19)25-13/h3-10H,1-2H3,(H,20,22,24)/b14-9+. The molecule has 1 N–H and O–H groups in total. The summed E-state index contributed by atoms with van der Waals surface area (Å²) in [4.78, 5) is 27.1. The third kappa shape index (κ3) is 3.66. The molecule has 0 spiro atoms. The van der Waals surface area contributed by atoms with Crippen LogP contribution in [0.1, 0.15) is 30.2 Å². The molecule has 0 unspecified atom stereocenters. The fraction of sp³-hybridized carbons (Fsp3) is 0.167. The highest BCUT2D eigenvalue weighted by atomic mass is 35.5. The quantitative estimate of drug-likeness (QED) is 0.481. The van der Waals surface area contributed by atoms with Crippen LogP contribution in [0.3, 0.4) is 0 Å². The van der Waals surface area contributed by atoms with Crippen LogP contribution in [-0.4, -0.2) is 16.9 Å². The third-order valence-electron chi connectivity index (χ3n) is 3.80. The smallest absolute Gasteiger partial charge is 0.270 e. The van der Waals surface area contributed by atoms with E-state index in [9.17, 15) is 9.59 Å². The molecule has 7 heteroatoms. The van der Waals surface area contributed by atoms with E-state index >= 15 is 0 Å². The van der Waals surface area contributed by atoms with Gasteiger partial charge in [0.1, 0.15) is 5.57 Å². The zero-order chi connectivity index (χ0) is 18.1. The maximum Gasteiger partial charge on any atom is 0.270 e. The van der Waals surface area contributed by atoms with E-state index in [1.165, 1.54) is 22.3 Å². The van der Waals surface area contributed by atoms with E-state index in [0.717, 1.165) is 10.4 Å². The molecule has 0 aliphatic carbocycles. The molecule has 1 aromatic heterocycles. The van der Waals surface area contributed by atoms with E-state index in [1.807, 2.05) is 24.3 Å². The summed E-state index contributed by atoms with van der Waals surface area (Å²) in [5, 5.41) is 2.65. The van der Waals surface area contributed by atoms with Gasteiger partial charge >= 0.3 is 0 Å². The fourth-order valence-corrected chi connectivity index (χ4v) is 3.73. The summed E-state index contributed by atoms with van der Waals surface area (Å²) < 4.78 is 0.590. The molecule has 0 radical (unpaired) electrons. The number of amides is 2. The number of carbonyl (C=O) groups is 2. The topological polar surface area (TPSA) is 49.4 Å². The van der Waals surface area contributed by atoms with Crippen molar-refractivity contribution in [2.75, 3.05) is 4.90 Å². The normalized spacial score (nSPS) is 16.7. The van der Waals surface area contributed by atoms with Gasteiger partial charge in [-0.3, -0.25) is 19.8 Å². The molecule has 3 rings (SSSR count). The molecule has 1 aliphatic heterocycles. The number of halogens is 1. The summed E-state index contributed by atoms with van der Waals surface area (Å²) in [5.74, 6) is -0.568. The Labute approximate surface area is 160 Å². The number of anilines is 1. The molecule has 0 bridgehead atoms. The number of thiophene rings is 1. The van der Waals surface area contributed by atoms with Gasteiger partial charge in [0.2, 0.25) is 0 Å². The summed E-state index contributed by atoms with van der Waals surface area (Å²) in [6.45, 7) is 4.19. The number of nitrogens with zero attached hydrogens (tertiary/aromatic N) is 1. The van der Waals surface area contributed by atoms with Crippen LogP contribution in [0, 0.1) is 0 Å². The van der Waals surface area contributed by atoms with E-state index in [0.29, 0.717) is 15.9 Å². The van der Waals surface area contributed by atoms with Crippen molar-refractivity contribution in [3.05, 3.63) is 56.7 Å². The molecule has 2 heterocycles. The summed E-state index contributed by atoms with van der Waals surface area (Å²) >= 11 is 12.4. The molecular formula is C18H15ClN2O2S2. The van der Waals surface area contributed by atoms with Crippen LogP contribution < -0.4 is 10.2 Å². The molecule has 128 valence electrons. The van der Waals surface area contributed by atoms with Gasteiger partial charge in [-0.2, -0.15) is 0 Å². The molecule has 1 fully saturated rings. The summed E-state index contributed by atoms with van der Waals surface area (Å²) in [7, 11) is 0. The molecule has 4 nitrogen and oxygen atoms in total. The van der Waals surface area contributed by atoms with Crippen molar-refractivity contribution in [1.82, 2.24) is 5.32 Å². The first-order chi connectivity index (χ1) is 11.9. The lowest BCUT2D eigenvalue weighted by Crippen LogP contribution is -2.54. The maximum absolute atomic E-state index is 12.9. The minimum absolute atomic E-state index is 0.0278. The number of rotatable bonds is 3. The largest absolute Gasteiger partial charge is 0.298 e. The van der Waals surface area contributed by atoms with Crippen LogP contribution in [-0.2, 0) is 9.59 Å². The van der Waals surface area contributed by atoms with E-state index in [4.69, 9.17) is 23.8 Å². The molecule has 1 saturated heterocycles. The Bertz CT molecular complexity index is 885. The van der Waals surface area contributed by atoms with Crippen molar-refractivity contribution in [2.24, 2.45) is 0 Å². The minimum Gasteiger partial charge on any atom is -0.298 e. The van der Waals surface area contributed by atoms with Crippen molar-refractivity contribution in [1.29, 1.82) is 0 Å². The van der Waals surface area contributed by atoms with Crippen molar-refractivity contribution >= 4 is 63.8 Å². The zero-order valence-electron chi connectivity index (χ0n) is 13.6. The second-order valence-corrected chi connectivity index (χ2v) is 7.98. The second-order valence-electron chi connectivity index (χ2n) is 5.85. The van der Waals surface area contributed by atoms with Gasteiger partial charge in [-0.1, -0.05) is 37.6 Å². The van der Waals surface area contributed by atoms with Gasteiger partial charge in [0.05, 0.1) is 10.0 Å². The first-order valence-corrected chi connectivity index (χ1v) is 9.24. The van der Waals surface area contributed by atoms with Crippen LogP contribution in [0.15, 0.2) is 42.0 Å². The monoisotopic (exact) mass is 390 g/mol.